The van der Waals surface area contributed by atoms with Gasteiger partial charge in [0.2, 0.25) is 5.91 Å². The molecule has 0 heterocycles. The number of aliphatic carboxylic acids is 1. The molecule has 5 N–H and O–H groups in total. The average molecular weight is 216 g/mol. The Kier molecular flexibility index (Phi) is 3.65. The number of aliphatic hydroxyl groups excluding tert-OH is 1. The lowest BCUT2D eigenvalue weighted by atomic mass is 9.77. The highest BCUT2D eigenvalue weighted by atomic mass is 16.4. The van der Waals surface area contributed by atoms with Crippen LogP contribution in [0, 0.1) is 0 Å². The van der Waals surface area contributed by atoms with Crippen LogP contribution in [0.3, 0.4) is 0 Å². The summed E-state index contributed by atoms with van der Waals surface area (Å²) in [4.78, 5) is 22.2. The van der Waals surface area contributed by atoms with Gasteiger partial charge in [-0.2, -0.15) is 0 Å². The maximum atomic E-state index is 11.6. The Morgan fingerprint density at radius 1 is 1.47 bits per heavy atom. The molecule has 0 aromatic heterocycles. The summed E-state index contributed by atoms with van der Waals surface area (Å²) >= 11 is 0. The monoisotopic (exact) mass is 216 g/mol. The molecule has 0 saturated heterocycles. The summed E-state index contributed by atoms with van der Waals surface area (Å²) in [6, 6.07) is -1.05. The fourth-order valence-corrected chi connectivity index (χ4v) is 1.47. The third kappa shape index (κ3) is 2.66. The van der Waals surface area contributed by atoms with Crippen molar-refractivity contribution in [2.24, 2.45) is 5.73 Å². The van der Waals surface area contributed by atoms with Gasteiger partial charge in [-0.15, -0.1) is 0 Å². The van der Waals surface area contributed by atoms with E-state index in [0.717, 1.165) is 6.42 Å². The molecule has 0 spiro atoms. The fourth-order valence-electron chi connectivity index (χ4n) is 1.47. The number of amides is 1. The van der Waals surface area contributed by atoms with Crippen LogP contribution in [0.4, 0.5) is 0 Å². The second-order valence-electron chi connectivity index (χ2n) is 3.89. The van der Waals surface area contributed by atoms with Gasteiger partial charge in [-0.25, -0.2) is 4.79 Å². The second kappa shape index (κ2) is 4.59. The summed E-state index contributed by atoms with van der Waals surface area (Å²) in [6.45, 7) is -0.283. The van der Waals surface area contributed by atoms with Crippen LogP contribution in [-0.4, -0.2) is 40.3 Å². The Morgan fingerprint density at radius 3 is 2.40 bits per heavy atom. The summed E-state index contributed by atoms with van der Waals surface area (Å²) in [5.74, 6) is -1.59. The van der Waals surface area contributed by atoms with Crippen molar-refractivity contribution in [3.8, 4) is 0 Å². The molecule has 86 valence electrons. The van der Waals surface area contributed by atoms with Crippen LogP contribution >= 0.6 is 0 Å². The highest BCUT2D eigenvalue weighted by molar-refractivity contribution is 5.90. The van der Waals surface area contributed by atoms with Crippen molar-refractivity contribution in [2.45, 2.75) is 37.3 Å². The zero-order chi connectivity index (χ0) is 11.5. The lowest BCUT2D eigenvalue weighted by Crippen LogP contribution is -2.61. The zero-order valence-electron chi connectivity index (χ0n) is 8.40. The Labute approximate surface area is 87.5 Å². The molecule has 1 atom stereocenters. The van der Waals surface area contributed by atoms with E-state index in [9.17, 15) is 9.59 Å². The number of nitrogens with one attached hydrogen (secondary N) is 1. The number of carbonyl (C=O) groups is 2. The zero-order valence-corrected chi connectivity index (χ0v) is 8.40. The van der Waals surface area contributed by atoms with Gasteiger partial charge in [-0.3, -0.25) is 4.79 Å². The molecule has 0 aliphatic heterocycles. The molecule has 15 heavy (non-hydrogen) atoms. The number of rotatable bonds is 5. The number of carbonyl (C=O) groups excluding carboxylic acids is 1. The van der Waals surface area contributed by atoms with Gasteiger partial charge in [0.1, 0.15) is 6.04 Å². The molecule has 1 rings (SSSR count). The standard InChI is InChI=1S/C9H16N2O4/c10-9(3-1-4-9)8(15)11-6(2-5-12)7(13)14/h6,12H,1-5,10H2,(H,11,15)(H,13,14). The minimum atomic E-state index is -1.15. The number of hydrogen-bond donors (Lipinski definition) is 4. The van der Waals surface area contributed by atoms with E-state index < -0.39 is 23.5 Å². The van der Waals surface area contributed by atoms with Gasteiger partial charge < -0.3 is 21.3 Å². The van der Waals surface area contributed by atoms with E-state index >= 15 is 0 Å². The third-order valence-corrected chi connectivity index (χ3v) is 2.72. The summed E-state index contributed by atoms with van der Waals surface area (Å²) in [6.07, 6.45) is 2.06. The van der Waals surface area contributed by atoms with E-state index in [4.69, 9.17) is 15.9 Å². The summed E-state index contributed by atoms with van der Waals surface area (Å²) in [7, 11) is 0. The Morgan fingerprint density at radius 2 is 2.07 bits per heavy atom. The third-order valence-electron chi connectivity index (χ3n) is 2.72. The molecule has 0 bridgehead atoms. The highest BCUT2D eigenvalue weighted by Gasteiger charge is 2.41. The van der Waals surface area contributed by atoms with E-state index in [1.54, 1.807) is 0 Å². The van der Waals surface area contributed by atoms with Gasteiger partial charge in [0.05, 0.1) is 5.54 Å². The van der Waals surface area contributed by atoms with Crippen LogP contribution in [0.25, 0.3) is 0 Å². The van der Waals surface area contributed by atoms with Gasteiger partial charge in [0.15, 0.2) is 0 Å². The van der Waals surface area contributed by atoms with E-state index in [-0.39, 0.29) is 13.0 Å². The van der Waals surface area contributed by atoms with Gasteiger partial charge >= 0.3 is 5.97 Å². The largest absolute Gasteiger partial charge is 0.480 e. The van der Waals surface area contributed by atoms with Gasteiger partial charge in [-0.1, -0.05) is 0 Å². The first-order chi connectivity index (χ1) is 6.99. The predicted octanol–water partition coefficient (Wildman–Crippen LogP) is -1.18. The van der Waals surface area contributed by atoms with E-state index in [0.29, 0.717) is 12.8 Å². The first-order valence-corrected chi connectivity index (χ1v) is 4.93. The van der Waals surface area contributed by atoms with Crippen LogP contribution < -0.4 is 11.1 Å². The van der Waals surface area contributed by atoms with Gasteiger partial charge in [-0.05, 0) is 19.3 Å². The summed E-state index contributed by atoms with van der Waals surface area (Å²) < 4.78 is 0. The van der Waals surface area contributed by atoms with Crippen molar-refractivity contribution >= 4 is 11.9 Å². The van der Waals surface area contributed by atoms with Crippen molar-refractivity contribution < 1.29 is 19.8 Å². The molecular weight excluding hydrogens is 200 g/mol. The van der Waals surface area contributed by atoms with Gasteiger partial charge in [0.25, 0.3) is 0 Å². The first-order valence-electron chi connectivity index (χ1n) is 4.93. The summed E-state index contributed by atoms with van der Waals surface area (Å²) in [5.41, 5.74) is 4.82. The van der Waals surface area contributed by atoms with Crippen molar-refractivity contribution in [2.75, 3.05) is 6.61 Å². The Hall–Kier alpha value is -1.14. The molecule has 6 heteroatoms. The normalized spacial score (nSPS) is 20.1. The van der Waals surface area contributed by atoms with E-state index in [1.165, 1.54) is 0 Å². The topological polar surface area (TPSA) is 113 Å². The van der Waals surface area contributed by atoms with Crippen molar-refractivity contribution in [3.05, 3.63) is 0 Å². The molecule has 0 aromatic carbocycles. The van der Waals surface area contributed by atoms with Crippen LogP contribution in [0.15, 0.2) is 0 Å². The second-order valence-corrected chi connectivity index (χ2v) is 3.89. The number of carboxylic acid groups (broad SMARTS) is 1. The maximum Gasteiger partial charge on any atom is 0.326 e. The SMILES string of the molecule is NC1(C(=O)NC(CCO)C(=O)O)CCC1. The van der Waals surface area contributed by atoms with Crippen LogP contribution in [0.5, 0.6) is 0 Å². The number of aliphatic hydroxyl groups is 1. The predicted molar refractivity (Wildman–Crippen MR) is 52.0 cm³/mol. The lowest BCUT2D eigenvalue weighted by Gasteiger charge is -2.36. The number of nitrogens with two attached hydrogens (primary N) is 1. The molecule has 1 saturated carbocycles. The van der Waals surface area contributed by atoms with E-state index in [2.05, 4.69) is 5.32 Å². The minimum absolute atomic E-state index is 0.00282. The molecular formula is C9H16N2O4. The number of carboxylic acids is 1. The van der Waals surface area contributed by atoms with Crippen molar-refractivity contribution in [1.82, 2.24) is 5.32 Å². The van der Waals surface area contributed by atoms with Gasteiger partial charge in [0, 0.05) is 13.0 Å². The highest BCUT2D eigenvalue weighted by Crippen LogP contribution is 2.29. The summed E-state index contributed by atoms with van der Waals surface area (Å²) in [5, 5.41) is 19.7. The maximum absolute atomic E-state index is 11.6. The molecule has 6 nitrogen and oxygen atoms in total. The molecule has 0 aromatic rings. The molecule has 1 amide bonds. The molecule has 1 unspecified atom stereocenters. The van der Waals surface area contributed by atoms with Crippen LogP contribution in [0.1, 0.15) is 25.7 Å². The minimum Gasteiger partial charge on any atom is -0.480 e. The Balaban J connectivity index is 2.50. The average Bonchev–Trinajstić information content (AvgIpc) is 2.13. The van der Waals surface area contributed by atoms with Crippen molar-refractivity contribution in [1.29, 1.82) is 0 Å². The van der Waals surface area contributed by atoms with Crippen LogP contribution in [-0.2, 0) is 9.59 Å². The Bertz CT molecular complexity index is 263. The fraction of sp³-hybridized carbons (Fsp3) is 0.778. The van der Waals surface area contributed by atoms with E-state index in [1.807, 2.05) is 0 Å². The van der Waals surface area contributed by atoms with Crippen LogP contribution in [0.2, 0.25) is 0 Å². The number of hydrogen-bond acceptors (Lipinski definition) is 4. The quantitative estimate of drug-likeness (QED) is 0.462. The lowest BCUT2D eigenvalue weighted by molar-refractivity contribution is -0.143. The molecule has 1 aliphatic carbocycles. The molecule has 1 aliphatic rings. The molecule has 0 radical (unpaired) electrons. The smallest absolute Gasteiger partial charge is 0.326 e. The molecule has 1 fully saturated rings. The first kappa shape index (κ1) is 11.9. The van der Waals surface area contributed by atoms with Crippen molar-refractivity contribution in [3.63, 3.8) is 0 Å².